The predicted molar refractivity (Wildman–Crippen MR) is 74.5 cm³/mol. The lowest BCUT2D eigenvalue weighted by atomic mass is 10.2. The number of nitrogens with one attached hydrogen (secondary N) is 1. The second-order valence-corrected chi connectivity index (χ2v) is 5.73. The standard InChI is InChI=1S/C12H16N2O6S/c13-8-4-5-9(10(7-8)21(18,19)20)12(17)14-6-2-1-3-11(15)16/h4-5,7H,1-3,6,13H2,(H,14,17)(H,15,16)(H,18,19,20). The number of nitrogens with two attached hydrogens (primary N) is 1. The fourth-order valence-corrected chi connectivity index (χ4v) is 2.36. The van der Waals surface area contributed by atoms with Crippen LogP contribution in [0.5, 0.6) is 0 Å². The van der Waals surface area contributed by atoms with Crippen molar-refractivity contribution in [2.45, 2.75) is 24.2 Å². The maximum atomic E-state index is 11.9. The first-order chi connectivity index (χ1) is 9.71. The molecular weight excluding hydrogens is 300 g/mol. The monoisotopic (exact) mass is 316 g/mol. The molecule has 0 aromatic heterocycles. The average molecular weight is 316 g/mol. The molecule has 21 heavy (non-hydrogen) atoms. The molecule has 9 heteroatoms. The minimum absolute atomic E-state index is 0.00594. The molecule has 0 heterocycles. The number of nitrogen functional groups attached to an aromatic ring is 1. The summed E-state index contributed by atoms with van der Waals surface area (Å²) in [6.45, 7) is 0.196. The molecule has 1 rings (SSSR count). The van der Waals surface area contributed by atoms with Crippen LogP contribution in [0, 0.1) is 0 Å². The van der Waals surface area contributed by atoms with Gasteiger partial charge in [0.1, 0.15) is 4.90 Å². The number of amides is 1. The van der Waals surface area contributed by atoms with Gasteiger partial charge in [-0.05, 0) is 31.0 Å². The molecule has 1 amide bonds. The quantitative estimate of drug-likeness (QED) is 0.325. The van der Waals surface area contributed by atoms with Crippen molar-refractivity contribution >= 4 is 27.7 Å². The van der Waals surface area contributed by atoms with Crippen LogP contribution in [0.15, 0.2) is 23.1 Å². The normalized spacial score (nSPS) is 11.1. The van der Waals surface area contributed by atoms with Crippen molar-refractivity contribution in [3.8, 4) is 0 Å². The Hall–Kier alpha value is -2.13. The Morgan fingerprint density at radius 1 is 1.24 bits per heavy atom. The largest absolute Gasteiger partial charge is 0.481 e. The third kappa shape index (κ3) is 5.40. The molecule has 0 aliphatic heterocycles. The summed E-state index contributed by atoms with van der Waals surface area (Å²) in [5.41, 5.74) is 5.31. The molecule has 0 saturated heterocycles. The van der Waals surface area contributed by atoms with Crippen molar-refractivity contribution in [1.82, 2.24) is 5.32 Å². The average Bonchev–Trinajstić information content (AvgIpc) is 2.36. The number of rotatable bonds is 7. The molecule has 0 atom stereocenters. The van der Waals surface area contributed by atoms with Gasteiger partial charge in [0.05, 0.1) is 5.56 Å². The molecule has 0 unspecified atom stereocenters. The molecule has 1 aromatic rings. The Bertz CT molecular complexity index is 641. The van der Waals surface area contributed by atoms with E-state index in [1.165, 1.54) is 12.1 Å². The van der Waals surface area contributed by atoms with Crippen LogP contribution in [0.2, 0.25) is 0 Å². The summed E-state index contributed by atoms with van der Waals surface area (Å²) in [5, 5.41) is 10.9. The van der Waals surface area contributed by atoms with Gasteiger partial charge in [0.15, 0.2) is 0 Å². The van der Waals surface area contributed by atoms with Crippen molar-refractivity contribution in [1.29, 1.82) is 0 Å². The van der Waals surface area contributed by atoms with E-state index in [2.05, 4.69) is 5.32 Å². The summed E-state index contributed by atoms with van der Waals surface area (Å²) in [7, 11) is -4.57. The van der Waals surface area contributed by atoms with Crippen molar-refractivity contribution in [2.24, 2.45) is 0 Å². The van der Waals surface area contributed by atoms with Crippen LogP contribution in [-0.2, 0) is 14.9 Å². The lowest BCUT2D eigenvalue weighted by Gasteiger charge is -2.09. The van der Waals surface area contributed by atoms with E-state index in [4.69, 9.17) is 15.4 Å². The molecule has 116 valence electrons. The minimum atomic E-state index is -4.57. The lowest BCUT2D eigenvalue weighted by Crippen LogP contribution is -2.26. The number of benzene rings is 1. The van der Waals surface area contributed by atoms with Crippen LogP contribution < -0.4 is 11.1 Å². The number of carboxylic acid groups (broad SMARTS) is 1. The van der Waals surface area contributed by atoms with Gasteiger partial charge in [-0.3, -0.25) is 14.1 Å². The molecule has 0 saturated carbocycles. The lowest BCUT2D eigenvalue weighted by molar-refractivity contribution is -0.137. The van der Waals surface area contributed by atoms with Crippen LogP contribution in [-0.4, -0.2) is 36.5 Å². The Labute approximate surface area is 121 Å². The van der Waals surface area contributed by atoms with Gasteiger partial charge in [-0.1, -0.05) is 0 Å². The highest BCUT2D eigenvalue weighted by Crippen LogP contribution is 2.18. The third-order valence-corrected chi connectivity index (χ3v) is 3.52. The molecule has 0 aliphatic rings. The number of carbonyl (C=O) groups is 2. The van der Waals surface area contributed by atoms with Crippen LogP contribution in [0.4, 0.5) is 5.69 Å². The maximum Gasteiger partial charge on any atom is 0.303 e. The fourth-order valence-electron chi connectivity index (χ4n) is 1.64. The molecule has 8 nitrogen and oxygen atoms in total. The van der Waals surface area contributed by atoms with E-state index in [0.29, 0.717) is 12.8 Å². The van der Waals surface area contributed by atoms with E-state index in [1.807, 2.05) is 0 Å². The first-order valence-electron chi connectivity index (χ1n) is 6.09. The highest BCUT2D eigenvalue weighted by atomic mass is 32.2. The SMILES string of the molecule is Nc1ccc(C(=O)NCCCCC(=O)O)c(S(=O)(=O)O)c1. The Morgan fingerprint density at radius 2 is 1.90 bits per heavy atom. The Kier molecular flexibility index (Phi) is 5.68. The van der Waals surface area contributed by atoms with E-state index in [1.54, 1.807) is 0 Å². The minimum Gasteiger partial charge on any atom is -0.481 e. The zero-order chi connectivity index (χ0) is 16.0. The smallest absolute Gasteiger partial charge is 0.303 e. The van der Waals surface area contributed by atoms with Gasteiger partial charge < -0.3 is 16.2 Å². The summed E-state index contributed by atoms with van der Waals surface area (Å²) >= 11 is 0. The first-order valence-corrected chi connectivity index (χ1v) is 7.53. The van der Waals surface area contributed by atoms with E-state index in [9.17, 15) is 18.0 Å². The molecule has 0 radical (unpaired) electrons. The van der Waals surface area contributed by atoms with Gasteiger partial charge in [0, 0.05) is 18.7 Å². The van der Waals surface area contributed by atoms with Crippen molar-refractivity contribution < 1.29 is 27.7 Å². The third-order valence-electron chi connectivity index (χ3n) is 2.63. The van der Waals surface area contributed by atoms with Gasteiger partial charge in [-0.15, -0.1) is 0 Å². The van der Waals surface area contributed by atoms with Gasteiger partial charge in [-0.2, -0.15) is 8.42 Å². The number of hydrogen-bond donors (Lipinski definition) is 4. The highest BCUT2D eigenvalue weighted by molar-refractivity contribution is 7.86. The molecule has 1 aromatic carbocycles. The van der Waals surface area contributed by atoms with Crippen molar-refractivity contribution in [2.75, 3.05) is 12.3 Å². The second kappa shape index (κ2) is 7.04. The van der Waals surface area contributed by atoms with Gasteiger partial charge in [0.25, 0.3) is 16.0 Å². The molecular formula is C12H16N2O6S. The number of carbonyl (C=O) groups excluding carboxylic acids is 1. The van der Waals surface area contributed by atoms with Crippen LogP contribution >= 0.6 is 0 Å². The highest BCUT2D eigenvalue weighted by Gasteiger charge is 2.20. The summed E-state index contributed by atoms with van der Waals surface area (Å²) in [4.78, 5) is 21.6. The Morgan fingerprint density at radius 3 is 2.48 bits per heavy atom. The summed E-state index contributed by atoms with van der Waals surface area (Å²) in [6.07, 6.45) is 0.824. The van der Waals surface area contributed by atoms with Crippen molar-refractivity contribution in [3.05, 3.63) is 23.8 Å². The van der Waals surface area contributed by atoms with E-state index < -0.39 is 26.9 Å². The van der Waals surface area contributed by atoms with E-state index >= 15 is 0 Å². The second-order valence-electron chi connectivity index (χ2n) is 4.34. The van der Waals surface area contributed by atoms with Gasteiger partial charge >= 0.3 is 5.97 Å². The molecule has 0 bridgehead atoms. The van der Waals surface area contributed by atoms with E-state index in [-0.39, 0.29) is 24.2 Å². The summed E-state index contributed by atoms with van der Waals surface area (Å²) in [6, 6.07) is 3.54. The predicted octanol–water partition coefficient (Wildman–Crippen LogP) is 0.500. The number of hydrogen-bond acceptors (Lipinski definition) is 5. The van der Waals surface area contributed by atoms with Gasteiger partial charge in [0.2, 0.25) is 0 Å². The fraction of sp³-hybridized carbons (Fsp3) is 0.333. The number of aliphatic carboxylic acids is 1. The zero-order valence-corrected chi connectivity index (χ0v) is 11.9. The molecule has 0 fully saturated rings. The van der Waals surface area contributed by atoms with Crippen LogP contribution in [0.25, 0.3) is 0 Å². The van der Waals surface area contributed by atoms with Crippen molar-refractivity contribution in [3.63, 3.8) is 0 Å². The molecule has 0 aliphatic carbocycles. The van der Waals surface area contributed by atoms with E-state index in [0.717, 1.165) is 6.07 Å². The maximum absolute atomic E-state index is 11.9. The van der Waals surface area contributed by atoms with Crippen LogP contribution in [0.3, 0.4) is 0 Å². The summed E-state index contributed by atoms with van der Waals surface area (Å²) in [5.74, 6) is -1.61. The van der Waals surface area contributed by atoms with Crippen LogP contribution in [0.1, 0.15) is 29.6 Å². The number of carboxylic acids is 1. The first kappa shape index (κ1) is 16.9. The molecule has 0 spiro atoms. The topological polar surface area (TPSA) is 147 Å². The zero-order valence-electron chi connectivity index (χ0n) is 11.1. The number of anilines is 1. The van der Waals surface area contributed by atoms with Gasteiger partial charge in [-0.25, -0.2) is 0 Å². The Balaban J connectivity index is 2.73. The molecule has 5 N–H and O–H groups in total. The number of unbranched alkanes of at least 4 members (excludes halogenated alkanes) is 1. The summed E-state index contributed by atoms with van der Waals surface area (Å²) < 4.78 is 31.5.